The standard InChI is InChI=1S/C14H22N4OS/c1-4-18(9-12(19)17-10(2)3)8-11-6-5-7-16-13(11)14(15)20/h5-7,10H,4,8-9H2,1-3H3,(H2,15,20)(H,17,19). The summed E-state index contributed by atoms with van der Waals surface area (Å²) >= 11 is 5.00. The first-order chi connectivity index (χ1) is 9.43. The van der Waals surface area contributed by atoms with E-state index in [9.17, 15) is 4.79 Å². The molecule has 0 radical (unpaired) electrons. The number of nitrogens with zero attached hydrogens (tertiary/aromatic N) is 2. The molecule has 1 heterocycles. The Labute approximate surface area is 125 Å². The monoisotopic (exact) mass is 294 g/mol. The number of aromatic nitrogens is 1. The van der Waals surface area contributed by atoms with Gasteiger partial charge in [0.05, 0.1) is 6.54 Å². The molecule has 0 unspecified atom stereocenters. The Kier molecular flexibility index (Phi) is 6.54. The lowest BCUT2D eigenvalue weighted by atomic mass is 10.1. The zero-order chi connectivity index (χ0) is 15.1. The maximum absolute atomic E-state index is 11.8. The number of pyridine rings is 1. The van der Waals surface area contributed by atoms with E-state index < -0.39 is 0 Å². The van der Waals surface area contributed by atoms with Crippen molar-refractivity contribution >= 4 is 23.1 Å². The average molecular weight is 294 g/mol. The van der Waals surface area contributed by atoms with E-state index in [0.717, 1.165) is 12.1 Å². The second kappa shape index (κ2) is 7.91. The van der Waals surface area contributed by atoms with Crippen molar-refractivity contribution in [1.29, 1.82) is 0 Å². The Morgan fingerprint density at radius 2 is 2.25 bits per heavy atom. The van der Waals surface area contributed by atoms with Crippen LogP contribution in [0.5, 0.6) is 0 Å². The Morgan fingerprint density at radius 1 is 1.55 bits per heavy atom. The van der Waals surface area contributed by atoms with E-state index in [1.54, 1.807) is 6.20 Å². The second-order valence-corrected chi connectivity index (χ2v) is 5.34. The molecule has 1 aromatic heterocycles. The molecule has 0 aliphatic heterocycles. The summed E-state index contributed by atoms with van der Waals surface area (Å²) in [5, 5.41) is 2.88. The minimum absolute atomic E-state index is 0.0163. The van der Waals surface area contributed by atoms with Gasteiger partial charge in [0, 0.05) is 18.8 Å². The predicted octanol–water partition coefficient (Wildman–Crippen LogP) is 1.06. The zero-order valence-corrected chi connectivity index (χ0v) is 13.0. The van der Waals surface area contributed by atoms with Crippen molar-refractivity contribution in [2.24, 2.45) is 5.73 Å². The largest absolute Gasteiger partial charge is 0.388 e. The molecule has 1 rings (SSSR count). The molecule has 1 amide bonds. The summed E-state index contributed by atoms with van der Waals surface area (Å²) in [6.45, 7) is 7.61. The second-order valence-electron chi connectivity index (χ2n) is 4.90. The first-order valence-corrected chi connectivity index (χ1v) is 7.10. The van der Waals surface area contributed by atoms with Crippen molar-refractivity contribution in [3.8, 4) is 0 Å². The molecule has 0 aliphatic rings. The molecule has 0 saturated heterocycles. The van der Waals surface area contributed by atoms with E-state index in [-0.39, 0.29) is 16.9 Å². The van der Waals surface area contributed by atoms with Gasteiger partial charge in [0.25, 0.3) is 0 Å². The Balaban J connectivity index is 2.74. The minimum atomic E-state index is 0.0163. The molecule has 0 aromatic carbocycles. The number of carbonyl (C=O) groups excluding carboxylic acids is 1. The van der Waals surface area contributed by atoms with Gasteiger partial charge in [-0.3, -0.25) is 14.7 Å². The van der Waals surface area contributed by atoms with Gasteiger partial charge < -0.3 is 11.1 Å². The molecule has 110 valence electrons. The van der Waals surface area contributed by atoms with Gasteiger partial charge in [0.15, 0.2) is 0 Å². The number of carbonyl (C=O) groups is 1. The van der Waals surface area contributed by atoms with Gasteiger partial charge >= 0.3 is 0 Å². The average Bonchev–Trinajstić information content (AvgIpc) is 2.37. The first kappa shape index (κ1) is 16.5. The molecule has 0 saturated carbocycles. The SMILES string of the molecule is CCN(CC(=O)NC(C)C)Cc1cccnc1C(N)=S. The fourth-order valence-electron chi connectivity index (χ4n) is 1.88. The Hall–Kier alpha value is -1.53. The number of hydrogen-bond donors (Lipinski definition) is 2. The van der Waals surface area contributed by atoms with Gasteiger partial charge in [-0.1, -0.05) is 25.2 Å². The lowest BCUT2D eigenvalue weighted by molar-refractivity contribution is -0.122. The van der Waals surface area contributed by atoms with Crippen molar-refractivity contribution in [2.75, 3.05) is 13.1 Å². The summed E-state index contributed by atoms with van der Waals surface area (Å²) in [5.41, 5.74) is 7.24. The van der Waals surface area contributed by atoms with Crippen molar-refractivity contribution in [1.82, 2.24) is 15.2 Å². The van der Waals surface area contributed by atoms with E-state index in [2.05, 4.69) is 10.3 Å². The van der Waals surface area contributed by atoms with Gasteiger partial charge in [-0.15, -0.1) is 0 Å². The number of thiocarbonyl (C=S) groups is 1. The molecule has 1 aromatic rings. The zero-order valence-electron chi connectivity index (χ0n) is 12.2. The number of likely N-dealkylation sites (N-methyl/N-ethyl adjacent to an activating group) is 1. The lowest BCUT2D eigenvalue weighted by Crippen LogP contribution is -2.40. The maximum atomic E-state index is 11.8. The fourth-order valence-corrected chi connectivity index (χ4v) is 2.06. The number of nitrogens with two attached hydrogens (primary N) is 1. The molecule has 0 bridgehead atoms. The van der Waals surface area contributed by atoms with Gasteiger partial charge in [0.2, 0.25) is 5.91 Å². The summed E-state index contributed by atoms with van der Waals surface area (Å²) in [5.74, 6) is 0.0163. The highest BCUT2D eigenvalue weighted by Crippen LogP contribution is 2.09. The van der Waals surface area contributed by atoms with E-state index >= 15 is 0 Å². The number of hydrogen-bond acceptors (Lipinski definition) is 4. The van der Waals surface area contributed by atoms with Crippen LogP contribution in [0.25, 0.3) is 0 Å². The van der Waals surface area contributed by atoms with Gasteiger partial charge in [-0.25, -0.2) is 0 Å². The van der Waals surface area contributed by atoms with E-state index in [4.69, 9.17) is 18.0 Å². The van der Waals surface area contributed by atoms with Crippen LogP contribution in [-0.2, 0) is 11.3 Å². The fraction of sp³-hybridized carbons (Fsp3) is 0.500. The van der Waals surface area contributed by atoms with Crippen LogP contribution in [-0.4, -0.2) is 39.9 Å². The molecule has 0 atom stereocenters. The van der Waals surface area contributed by atoms with Crippen LogP contribution in [0.15, 0.2) is 18.3 Å². The van der Waals surface area contributed by atoms with Crippen molar-refractivity contribution in [3.05, 3.63) is 29.6 Å². The van der Waals surface area contributed by atoms with Crippen molar-refractivity contribution in [3.63, 3.8) is 0 Å². The number of amides is 1. The topological polar surface area (TPSA) is 71.2 Å². The molecular formula is C14H22N4OS. The van der Waals surface area contributed by atoms with E-state index in [0.29, 0.717) is 18.8 Å². The van der Waals surface area contributed by atoms with E-state index in [1.807, 2.05) is 37.8 Å². The Morgan fingerprint density at radius 3 is 2.80 bits per heavy atom. The number of nitrogens with one attached hydrogen (secondary N) is 1. The molecule has 0 spiro atoms. The molecule has 0 fully saturated rings. The van der Waals surface area contributed by atoms with Crippen LogP contribution in [0.3, 0.4) is 0 Å². The summed E-state index contributed by atoms with van der Waals surface area (Å²) in [7, 11) is 0. The predicted molar refractivity (Wildman–Crippen MR) is 84.4 cm³/mol. The third-order valence-electron chi connectivity index (χ3n) is 2.78. The van der Waals surface area contributed by atoms with Crippen LogP contribution >= 0.6 is 12.2 Å². The van der Waals surface area contributed by atoms with Gasteiger partial charge in [-0.2, -0.15) is 0 Å². The molecule has 6 heteroatoms. The molecule has 0 aliphatic carbocycles. The summed E-state index contributed by atoms with van der Waals surface area (Å²) < 4.78 is 0. The van der Waals surface area contributed by atoms with Crippen LogP contribution in [0.4, 0.5) is 0 Å². The quantitative estimate of drug-likeness (QED) is 0.736. The van der Waals surface area contributed by atoms with E-state index in [1.165, 1.54) is 0 Å². The molecule has 20 heavy (non-hydrogen) atoms. The van der Waals surface area contributed by atoms with Crippen LogP contribution in [0, 0.1) is 0 Å². The Bertz CT molecular complexity index is 476. The third-order valence-corrected chi connectivity index (χ3v) is 2.98. The number of rotatable bonds is 7. The van der Waals surface area contributed by atoms with Crippen LogP contribution < -0.4 is 11.1 Å². The molecule has 3 N–H and O–H groups in total. The van der Waals surface area contributed by atoms with Gasteiger partial charge in [0.1, 0.15) is 10.7 Å². The molecule has 5 nitrogen and oxygen atoms in total. The third kappa shape index (κ3) is 5.22. The lowest BCUT2D eigenvalue weighted by Gasteiger charge is -2.21. The highest BCUT2D eigenvalue weighted by Gasteiger charge is 2.13. The normalized spacial score (nSPS) is 10.8. The van der Waals surface area contributed by atoms with Crippen molar-refractivity contribution < 1.29 is 4.79 Å². The smallest absolute Gasteiger partial charge is 0.234 e. The summed E-state index contributed by atoms with van der Waals surface area (Å²) in [6.07, 6.45) is 1.67. The van der Waals surface area contributed by atoms with Gasteiger partial charge in [-0.05, 0) is 32.0 Å². The highest BCUT2D eigenvalue weighted by atomic mass is 32.1. The minimum Gasteiger partial charge on any atom is -0.388 e. The van der Waals surface area contributed by atoms with Crippen LogP contribution in [0.1, 0.15) is 32.0 Å². The highest BCUT2D eigenvalue weighted by molar-refractivity contribution is 7.80. The summed E-state index contributed by atoms with van der Waals surface area (Å²) in [6, 6.07) is 3.93. The van der Waals surface area contributed by atoms with Crippen molar-refractivity contribution in [2.45, 2.75) is 33.4 Å². The van der Waals surface area contributed by atoms with Crippen LogP contribution in [0.2, 0.25) is 0 Å². The summed E-state index contributed by atoms with van der Waals surface area (Å²) in [4.78, 5) is 18.3. The molecular weight excluding hydrogens is 272 g/mol. The first-order valence-electron chi connectivity index (χ1n) is 6.69. The maximum Gasteiger partial charge on any atom is 0.234 e.